The fraction of sp³-hybridized carbons (Fsp3) is 0.600. The van der Waals surface area contributed by atoms with E-state index in [0.717, 1.165) is 11.6 Å². The molecule has 1 atom stereocenters. The number of hydrogen-bond donors (Lipinski definition) is 1. The molecule has 0 spiro atoms. The van der Waals surface area contributed by atoms with Crippen molar-refractivity contribution in [1.29, 1.82) is 0 Å². The van der Waals surface area contributed by atoms with Gasteiger partial charge in [0.25, 0.3) is 0 Å². The summed E-state index contributed by atoms with van der Waals surface area (Å²) in [5.41, 5.74) is 1.39. The molecule has 3 rings (SSSR count). The number of nitrogens with one attached hydrogen (secondary N) is 1. The third kappa shape index (κ3) is 3.86. The zero-order valence-corrected chi connectivity index (χ0v) is 14.0. The molecule has 0 aliphatic carbocycles. The molecule has 0 saturated carbocycles. The lowest BCUT2D eigenvalue weighted by molar-refractivity contribution is 0.294. The first-order chi connectivity index (χ1) is 9.83. The Balaban J connectivity index is 1.54. The topological polar surface area (TPSA) is 15.3 Å². The van der Waals surface area contributed by atoms with E-state index in [0.29, 0.717) is 6.04 Å². The number of rotatable bonds is 4. The maximum atomic E-state index is 6.15. The Hall–Kier alpha value is 0.130. The van der Waals surface area contributed by atoms with Gasteiger partial charge in [0.1, 0.15) is 0 Å². The fourth-order valence-corrected chi connectivity index (χ4v) is 5.06. The van der Waals surface area contributed by atoms with Crippen molar-refractivity contribution in [2.45, 2.75) is 17.4 Å². The number of fused-ring (bicyclic) bond motifs is 1. The molecule has 2 nitrogen and oxygen atoms in total. The van der Waals surface area contributed by atoms with Gasteiger partial charge in [0.15, 0.2) is 0 Å². The highest BCUT2D eigenvalue weighted by molar-refractivity contribution is 7.99. The van der Waals surface area contributed by atoms with Crippen LogP contribution in [0.15, 0.2) is 23.1 Å². The van der Waals surface area contributed by atoms with E-state index in [-0.39, 0.29) is 0 Å². The third-order valence-electron chi connectivity index (χ3n) is 3.93. The highest BCUT2D eigenvalue weighted by atomic mass is 35.5. The number of benzene rings is 1. The molecule has 1 fully saturated rings. The highest BCUT2D eigenvalue weighted by Crippen LogP contribution is 2.37. The van der Waals surface area contributed by atoms with Crippen LogP contribution in [0.4, 0.5) is 0 Å². The number of nitrogens with zero attached hydrogens (tertiary/aromatic N) is 1. The lowest BCUT2D eigenvalue weighted by Crippen LogP contribution is -2.39. The van der Waals surface area contributed by atoms with Gasteiger partial charge in [-0.1, -0.05) is 11.6 Å². The first kappa shape index (κ1) is 15.0. The van der Waals surface area contributed by atoms with Crippen molar-refractivity contribution < 1.29 is 0 Å². The summed E-state index contributed by atoms with van der Waals surface area (Å²) in [5.74, 6) is 3.78. The van der Waals surface area contributed by atoms with Crippen molar-refractivity contribution in [3.05, 3.63) is 28.8 Å². The van der Waals surface area contributed by atoms with Crippen LogP contribution in [0.2, 0.25) is 5.02 Å². The first-order valence-electron chi connectivity index (χ1n) is 7.29. The van der Waals surface area contributed by atoms with E-state index in [4.69, 9.17) is 11.6 Å². The Morgan fingerprint density at radius 2 is 2.10 bits per heavy atom. The molecule has 110 valence electrons. The van der Waals surface area contributed by atoms with Gasteiger partial charge in [-0.05, 0) is 35.9 Å². The van der Waals surface area contributed by atoms with Crippen molar-refractivity contribution in [1.82, 2.24) is 10.2 Å². The van der Waals surface area contributed by atoms with Gasteiger partial charge in [0.2, 0.25) is 0 Å². The molecule has 0 amide bonds. The summed E-state index contributed by atoms with van der Waals surface area (Å²) in [6.45, 7) is 4.73. The summed E-state index contributed by atoms with van der Waals surface area (Å²) >= 11 is 10.2. The Bertz CT molecular complexity index is 449. The van der Waals surface area contributed by atoms with Crippen LogP contribution in [0.3, 0.4) is 0 Å². The van der Waals surface area contributed by atoms with Gasteiger partial charge in [-0.25, -0.2) is 0 Å². The van der Waals surface area contributed by atoms with Gasteiger partial charge >= 0.3 is 0 Å². The Kier molecular flexibility index (Phi) is 5.57. The molecule has 1 saturated heterocycles. The van der Waals surface area contributed by atoms with Crippen molar-refractivity contribution >= 4 is 35.1 Å². The average Bonchev–Trinajstić information content (AvgIpc) is 2.49. The van der Waals surface area contributed by atoms with Gasteiger partial charge in [-0.3, -0.25) is 0 Å². The van der Waals surface area contributed by atoms with E-state index in [1.807, 2.05) is 17.8 Å². The minimum absolute atomic E-state index is 0.476. The first-order valence-corrected chi connectivity index (χ1v) is 9.80. The zero-order chi connectivity index (χ0) is 13.8. The van der Waals surface area contributed by atoms with E-state index in [1.165, 1.54) is 53.8 Å². The molecule has 0 radical (unpaired) electrons. The van der Waals surface area contributed by atoms with Gasteiger partial charge in [0.05, 0.1) is 0 Å². The normalized spacial score (nSPS) is 23.6. The van der Waals surface area contributed by atoms with E-state index in [9.17, 15) is 0 Å². The molecule has 1 aromatic rings. The largest absolute Gasteiger partial charge is 0.309 e. The van der Waals surface area contributed by atoms with Gasteiger partial charge in [-0.15, -0.1) is 11.8 Å². The van der Waals surface area contributed by atoms with Crippen molar-refractivity contribution in [2.24, 2.45) is 0 Å². The summed E-state index contributed by atoms with van der Waals surface area (Å²) in [7, 11) is 0. The molecule has 2 heterocycles. The van der Waals surface area contributed by atoms with Crippen LogP contribution < -0.4 is 5.32 Å². The Morgan fingerprint density at radius 3 is 2.95 bits per heavy atom. The van der Waals surface area contributed by atoms with Crippen LogP contribution in [0, 0.1) is 0 Å². The van der Waals surface area contributed by atoms with E-state index in [1.54, 1.807) is 0 Å². The smallest absolute Gasteiger partial charge is 0.0410 e. The molecule has 2 aliphatic rings. The summed E-state index contributed by atoms with van der Waals surface area (Å²) < 4.78 is 0. The van der Waals surface area contributed by atoms with E-state index >= 15 is 0 Å². The van der Waals surface area contributed by atoms with Crippen LogP contribution in [-0.4, -0.2) is 48.3 Å². The molecule has 2 aliphatic heterocycles. The number of halogens is 1. The minimum atomic E-state index is 0.476. The molecule has 0 aromatic heterocycles. The van der Waals surface area contributed by atoms with Crippen molar-refractivity contribution in [3.8, 4) is 0 Å². The third-order valence-corrected chi connectivity index (χ3v) is 6.23. The summed E-state index contributed by atoms with van der Waals surface area (Å²) in [6.07, 6.45) is 1.20. The molecule has 0 bridgehead atoms. The minimum Gasteiger partial charge on any atom is -0.309 e. The fourth-order valence-electron chi connectivity index (χ4n) is 2.80. The van der Waals surface area contributed by atoms with E-state index < -0.39 is 0 Å². The second-order valence-corrected chi connectivity index (χ2v) is 8.08. The van der Waals surface area contributed by atoms with Crippen LogP contribution in [0.25, 0.3) is 0 Å². The van der Waals surface area contributed by atoms with Crippen LogP contribution >= 0.6 is 35.1 Å². The van der Waals surface area contributed by atoms with Crippen molar-refractivity contribution in [2.75, 3.05) is 43.4 Å². The summed E-state index contributed by atoms with van der Waals surface area (Å²) in [6, 6.07) is 6.78. The monoisotopic (exact) mass is 328 g/mol. The predicted octanol–water partition coefficient (Wildman–Crippen LogP) is 3.52. The zero-order valence-electron chi connectivity index (χ0n) is 11.6. The lowest BCUT2D eigenvalue weighted by atomic mass is 10.0. The molecule has 1 unspecified atom stereocenters. The maximum absolute atomic E-state index is 6.15. The lowest BCUT2D eigenvalue weighted by Gasteiger charge is -2.29. The molecule has 5 heteroatoms. The van der Waals surface area contributed by atoms with Crippen LogP contribution in [-0.2, 0) is 0 Å². The molecule has 1 N–H and O–H groups in total. The number of hydrogen-bond acceptors (Lipinski definition) is 4. The average molecular weight is 329 g/mol. The second-order valence-electron chi connectivity index (χ2n) is 5.28. The van der Waals surface area contributed by atoms with Crippen molar-refractivity contribution in [3.63, 3.8) is 0 Å². The predicted molar refractivity (Wildman–Crippen MR) is 91.3 cm³/mol. The highest BCUT2D eigenvalue weighted by Gasteiger charge is 2.20. The van der Waals surface area contributed by atoms with E-state index in [2.05, 4.69) is 34.1 Å². The molecular formula is C15H21ClN2S2. The Morgan fingerprint density at radius 1 is 1.25 bits per heavy atom. The van der Waals surface area contributed by atoms with Gasteiger partial charge in [0, 0.05) is 53.6 Å². The standard InChI is InChI=1S/C15H21ClN2S2/c16-12-1-2-15-13(11-12)14(3-8-20-15)17-4-5-18-6-9-19-10-7-18/h1-2,11,14,17H,3-10H2. The maximum Gasteiger partial charge on any atom is 0.0410 e. The second kappa shape index (κ2) is 7.41. The van der Waals surface area contributed by atoms with Gasteiger partial charge < -0.3 is 10.2 Å². The summed E-state index contributed by atoms with van der Waals surface area (Å²) in [5, 5.41) is 4.58. The molecular weight excluding hydrogens is 308 g/mol. The van der Waals surface area contributed by atoms with Crippen LogP contribution in [0.5, 0.6) is 0 Å². The SMILES string of the molecule is Clc1ccc2c(c1)C(NCCN1CCSCC1)CCS2. The van der Waals surface area contributed by atoms with Gasteiger partial charge in [-0.2, -0.15) is 11.8 Å². The number of thioether (sulfide) groups is 2. The summed E-state index contributed by atoms with van der Waals surface area (Å²) in [4.78, 5) is 3.97. The van der Waals surface area contributed by atoms with Crippen LogP contribution in [0.1, 0.15) is 18.0 Å². The Labute approximate surface area is 135 Å². The molecule has 20 heavy (non-hydrogen) atoms. The quantitative estimate of drug-likeness (QED) is 0.909. The molecule has 1 aromatic carbocycles.